The Hall–Kier alpha value is -2.01. The molecule has 0 bridgehead atoms. The van der Waals surface area contributed by atoms with Gasteiger partial charge in [0.05, 0.1) is 12.4 Å². The van der Waals surface area contributed by atoms with Crippen molar-refractivity contribution < 1.29 is 13.9 Å². The smallest absolute Gasteiger partial charge is 0.234 e. The minimum atomic E-state index is -0.269. The number of benzene rings is 2. The average Bonchev–Trinajstić information content (AvgIpc) is 2.91. The molecular weight excluding hydrogens is 313 g/mol. The first-order valence-corrected chi connectivity index (χ1v) is 8.61. The molecule has 23 heavy (non-hydrogen) atoms. The van der Waals surface area contributed by atoms with Crippen molar-refractivity contribution in [2.75, 3.05) is 12.4 Å². The van der Waals surface area contributed by atoms with E-state index in [1.165, 1.54) is 12.1 Å². The first-order valence-electron chi connectivity index (χ1n) is 7.56. The van der Waals surface area contributed by atoms with Crippen LogP contribution in [-0.2, 0) is 11.3 Å². The molecule has 0 saturated carbocycles. The summed E-state index contributed by atoms with van der Waals surface area (Å²) < 4.78 is 18.8. The van der Waals surface area contributed by atoms with Crippen molar-refractivity contribution in [1.82, 2.24) is 4.90 Å². The van der Waals surface area contributed by atoms with Crippen LogP contribution in [0.15, 0.2) is 48.5 Å². The van der Waals surface area contributed by atoms with Gasteiger partial charge in [0.1, 0.15) is 16.9 Å². The van der Waals surface area contributed by atoms with Gasteiger partial charge in [-0.25, -0.2) is 4.39 Å². The Bertz CT molecular complexity index is 690. The number of hydrogen-bond acceptors (Lipinski definition) is 3. The van der Waals surface area contributed by atoms with Gasteiger partial charge in [0.2, 0.25) is 5.91 Å². The predicted molar refractivity (Wildman–Crippen MR) is 89.8 cm³/mol. The normalized spacial score (nSPS) is 17.6. The van der Waals surface area contributed by atoms with Crippen molar-refractivity contribution in [2.45, 2.75) is 18.8 Å². The molecule has 3 rings (SSSR count). The summed E-state index contributed by atoms with van der Waals surface area (Å²) in [5.74, 6) is 1.09. The molecule has 0 aromatic heterocycles. The fourth-order valence-electron chi connectivity index (χ4n) is 2.64. The number of hydrogen-bond donors (Lipinski definition) is 0. The van der Waals surface area contributed by atoms with E-state index in [1.54, 1.807) is 23.9 Å². The molecule has 1 aliphatic rings. The standard InChI is InChI=1S/C18H18FNO2S/c1-2-22-16-6-4-3-5-15(16)18-20(17(21)12-23-18)11-13-7-9-14(19)10-8-13/h3-10,18H,2,11-12H2,1H3. The first kappa shape index (κ1) is 15.9. The van der Waals surface area contributed by atoms with Gasteiger partial charge in [-0.3, -0.25) is 4.79 Å². The zero-order chi connectivity index (χ0) is 16.2. The summed E-state index contributed by atoms with van der Waals surface area (Å²) in [6.45, 7) is 3.00. The average molecular weight is 331 g/mol. The van der Waals surface area contributed by atoms with E-state index in [0.717, 1.165) is 16.9 Å². The number of para-hydroxylation sites is 1. The Morgan fingerprint density at radius 2 is 1.96 bits per heavy atom. The van der Waals surface area contributed by atoms with Crippen LogP contribution in [-0.4, -0.2) is 23.2 Å². The molecule has 1 unspecified atom stereocenters. The molecule has 3 nitrogen and oxygen atoms in total. The number of nitrogens with zero attached hydrogens (tertiary/aromatic N) is 1. The summed E-state index contributed by atoms with van der Waals surface area (Å²) in [7, 11) is 0. The molecule has 2 aromatic rings. The second kappa shape index (κ2) is 7.04. The van der Waals surface area contributed by atoms with Crippen LogP contribution in [0, 0.1) is 5.82 Å². The van der Waals surface area contributed by atoms with Crippen LogP contribution in [0.2, 0.25) is 0 Å². The van der Waals surface area contributed by atoms with Crippen molar-refractivity contribution in [3.63, 3.8) is 0 Å². The van der Waals surface area contributed by atoms with E-state index < -0.39 is 0 Å². The number of amides is 1. The second-order valence-corrected chi connectivity index (χ2v) is 6.35. The minimum absolute atomic E-state index is 0.0738. The zero-order valence-corrected chi connectivity index (χ0v) is 13.7. The Kier molecular flexibility index (Phi) is 4.86. The van der Waals surface area contributed by atoms with Crippen molar-refractivity contribution in [3.05, 3.63) is 65.5 Å². The molecule has 1 heterocycles. The second-order valence-electron chi connectivity index (χ2n) is 5.28. The molecule has 5 heteroatoms. The maximum Gasteiger partial charge on any atom is 0.234 e. The Labute approximate surface area is 139 Å². The maximum atomic E-state index is 13.1. The van der Waals surface area contributed by atoms with Crippen LogP contribution >= 0.6 is 11.8 Å². The van der Waals surface area contributed by atoms with Gasteiger partial charge in [-0.2, -0.15) is 0 Å². The Morgan fingerprint density at radius 3 is 2.70 bits per heavy atom. The lowest BCUT2D eigenvalue weighted by Crippen LogP contribution is -2.27. The third-order valence-electron chi connectivity index (χ3n) is 3.72. The Balaban J connectivity index is 1.86. The number of carbonyl (C=O) groups is 1. The number of halogens is 1. The number of thioether (sulfide) groups is 1. The number of carbonyl (C=O) groups excluding carboxylic acids is 1. The molecule has 1 fully saturated rings. The lowest BCUT2D eigenvalue weighted by molar-refractivity contribution is -0.128. The summed E-state index contributed by atoms with van der Waals surface area (Å²) in [6, 6.07) is 14.1. The van der Waals surface area contributed by atoms with Crippen molar-refractivity contribution >= 4 is 17.7 Å². The van der Waals surface area contributed by atoms with Crippen molar-refractivity contribution in [3.8, 4) is 5.75 Å². The minimum Gasteiger partial charge on any atom is -0.493 e. The summed E-state index contributed by atoms with van der Waals surface area (Å²) in [5, 5.41) is -0.0738. The summed E-state index contributed by atoms with van der Waals surface area (Å²) in [6.07, 6.45) is 0. The number of rotatable bonds is 5. The van der Waals surface area contributed by atoms with Gasteiger partial charge in [0, 0.05) is 12.1 Å². The lowest BCUT2D eigenvalue weighted by Gasteiger charge is -2.25. The van der Waals surface area contributed by atoms with E-state index in [9.17, 15) is 9.18 Å². The van der Waals surface area contributed by atoms with Crippen LogP contribution in [0.5, 0.6) is 5.75 Å². The molecule has 2 aromatic carbocycles. The molecule has 120 valence electrons. The van der Waals surface area contributed by atoms with Gasteiger partial charge in [-0.1, -0.05) is 30.3 Å². The third-order valence-corrected chi connectivity index (χ3v) is 4.96. The van der Waals surface area contributed by atoms with E-state index in [1.807, 2.05) is 36.1 Å². The van der Waals surface area contributed by atoms with Crippen LogP contribution in [0.4, 0.5) is 4.39 Å². The van der Waals surface area contributed by atoms with Gasteiger partial charge < -0.3 is 9.64 Å². The van der Waals surface area contributed by atoms with E-state index >= 15 is 0 Å². The highest BCUT2D eigenvalue weighted by atomic mass is 32.2. The molecule has 1 saturated heterocycles. The van der Waals surface area contributed by atoms with Gasteiger partial charge in [-0.05, 0) is 30.7 Å². The lowest BCUT2D eigenvalue weighted by atomic mass is 10.1. The van der Waals surface area contributed by atoms with Crippen LogP contribution in [0.25, 0.3) is 0 Å². The molecule has 1 atom stereocenters. The van der Waals surface area contributed by atoms with E-state index in [0.29, 0.717) is 18.9 Å². The molecule has 1 aliphatic heterocycles. The van der Waals surface area contributed by atoms with Crippen molar-refractivity contribution in [2.24, 2.45) is 0 Å². The number of ether oxygens (including phenoxy) is 1. The molecule has 0 radical (unpaired) electrons. The fourth-order valence-corrected chi connectivity index (χ4v) is 3.85. The quantitative estimate of drug-likeness (QED) is 0.829. The van der Waals surface area contributed by atoms with Crippen LogP contribution < -0.4 is 4.74 Å². The highest BCUT2D eigenvalue weighted by Gasteiger charge is 2.34. The maximum absolute atomic E-state index is 13.1. The van der Waals surface area contributed by atoms with Gasteiger partial charge in [-0.15, -0.1) is 11.8 Å². The van der Waals surface area contributed by atoms with E-state index in [4.69, 9.17) is 4.74 Å². The van der Waals surface area contributed by atoms with E-state index in [-0.39, 0.29) is 17.1 Å². The largest absolute Gasteiger partial charge is 0.493 e. The van der Waals surface area contributed by atoms with Gasteiger partial charge in [0.15, 0.2) is 0 Å². The van der Waals surface area contributed by atoms with Crippen LogP contribution in [0.1, 0.15) is 23.4 Å². The molecule has 0 aliphatic carbocycles. The molecule has 0 spiro atoms. The highest BCUT2D eigenvalue weighted by Crippen LogP contribution is 2.43. The van der Waals surface area contributed by atoms with Crippen LogP contribution in [0.3, 0.4) is 0 Å². The van der Waals surface area contributed by atoms with Gasteiger partial charge in [0.25, 0.3) is 0 Å². The predicted octanol–water partition coefficient (Wildman–Crippen LogP) is 4.00. The summed E-state index contributed by atoms with van der Waals surface area (Å²) in [5.41, 5.74) is 1.92. The SMILES string of the molecule is CCOc1ccccc1C1SCC(=O)N1Cc1ccc(F)cc1. The molecular formula is C18H18FNO2S. The third kappa shape index (κ3) is 3.50. The molecule has 0 N–H and O–H groups in total. The molecule has 1 amide bonds. The monoisotopic (exact) mass is 331 g/mol. The van der Waals surface area contributed by atoms with Crippen molar-refractivity contribution in [1.29, 1.82) is 0 Å². The highest BCUT2D eigenvalue weighted by molar-refractivity contribution is 8.00. The first-order chi connectivity index (χ1) is 11.2. The summed E-state index contributed by atoms with van der Waals surface area (Å²) in [4.78, 5) is 14.1. The zero-order valence-electron chi connectivity index (χ0n) is 12.9. The summed E-state index contributed by atoms with van der Waals surface area (Å²) >= 11 is 1.60. The fraction of sp³-hybridized carbons (Fsp3) is 0.278. The van der Waals surface area contributed by atoms with E-state index in [2.05, 4.69) is 0 Å². The Morgan fingerprint density at radius 1 is 1.22 bits per heavy atom. The van der Waals surface area contributed by atoms with Gasteiger partial charge >= 0.3 is 0 Å². The topological polar surface area (TPSA) is 29.5 Å².